The third-order valence-electron chi connectivity index (χ3n) is 4.46. The van der Waals surface area contributed by atoms with E-state index in [0.717, 1.165) is 0 Å². The van der Waals surface area contributed by atoms with Crippen LogP contribution in [0.25, 0.3) is 0 Å². The number of carbonyl (C=O) groups excluding carboxylic acids is 2. The molecule has 0 radical (unpaired) electrons. The first-order chi connectivity index (χ1) is 10.0. The third kappa shape index (κ3) is 3.43. The fourth-order valence-electron chi connectivity index (χ4n) is 3.37. The van der Waals surface area contributed by atoms with Crippen LogP contribution in [-0.4, -0.2) is 80.4 Å². The highest BCUT2D eigenvalue weighted by Crippen LogP contribution is 2.35. The fourth-order valence-corrected chi connectivity index (χ4v) is 4.29. The Morgan fingerprint density at radius 3 is 2.27 bits per heavy atom. The molecule has 0 N–H and O–H groups in total. The minimum Gasteiger partial charge on any atom is -0.345 e. The summed E-state index contributed by atoms with van der Waals surface area (Å²) in [5, 5.41) is 0. The lowest BCUT2D eigenvalue weighted by Gasteiger charge is -2.33. The Bertz CT molecular complexity index is 575. The molecule has 2 amide bonds. The maximum Gasteiger partial charge on any atom is 0.225 e. The van der Waals surface area contributed by atoms with Gasteiger partial charge in [-0.2, -0.15) is 4.31 Å². The van der Waals surface area contributed by atoms with E-state index in [1.165, 1.54) is 10.6 Å². The second kappa shape index (κ2) is 5.81. The van der Waals surface area contributed by atoms with Crippen molar-refractivity contribution in [1.29, 1.82) is 0 Å². The summed E-state index contributed by atoms with van der Waals surface area (Å²) in [4.78, 5) is 27.7. The van der Waals surface area contributed by atoms with E-state index in [9.17, 15) is 18.0 Å². The molecule has 0 aromatic rings. The Balaban J connectivity index is 2.32. The number of hydrogen-bond acceptors (Lipinski definition) is 4. The Labute approximate surface area is 132 Å². The van der Waals surface area contributed by atoms with Crippen LogP contribution in [0.4, 0.5) is 0 Å². The predicted octanol–water partition coefficient (Wildman–Crippen LogP) is -0.405. The first-order valence-corrected chi connectivity index (χ1v) is 9.37. The molecule has 8 heteroatoms. The van der Waals surface area contributed by atoms with E-state index in [1.807, 2.05) is 13.8 Å². The average molecular weight is 331 g/mol. The van der Waals surface area contributed by atoms with Crippen LogP contribution in [0.3, 0.4) is 0 Å². The molecule has 0 bridgehead atoms. The van der Waals surface area contributed by atoms with Crippen LogP contribution < -0.4 is 0 Å². The highest BCUT2D eigenvalue weighted by Gasteiger charge is 2.47. The third-order valence-corrected chi connectivity index (χ3v) is 5.71. The van der Waals surface area contributed by atoms with Crippen molar-refractivity contribution in [3.8, 4) is 0 Å². The highest BCUT2D eigenvalue weighted by atomic mass is 32.2. The van der Waals surface area contributed by atoms with E-state index in [-0.39, 0.29) is 30.7 Å². The molecular weight excluding hydrogens is 306 g/mol. The van der Waals surface area contributed by atoms with Crippen LogP contribution in [0.15, 0.2) is 0 Å². The zero-order valence-electron chi connectivity index (χ0n) is 13.7. The maximum atomic E-state index is 12.4. The predicted molar refractivity (Wildman–Crippen MR) is 82.5 cm³/mol. The summed E-state index contributed by atoms with van der Waals surface area (Å²) in [6.07, 6.45) is 1.47. The van der Waals surface area contributed by atoms with Crippen LogP contribution in [-0.2, 0) is 19.6 Å². The van der Waals surface area contributed by atoms with Crippen LogP contribution in [0.2, 0.25) is 0 Å². The Morgan fingerprint density at radius 1 is 1.18 bits per heavy atom. The normalized spacial score (nSPS) is 27.8. The number of amides is 2. The average Bonchev–Trinajstić information content (AvgIpc) is 2.57. The zero-order chi connectivity index (χ0) is 16.7. The molecule has 2 fully saturated rings. The quantitative estimate of drug-likeness (QED) is 0.689. The molecule has 0 aromatic heterocycles. The second-order valence-corrected chi connectivity index (χ2v) is 8.92. The van der Waals surface area contributed by atoms with Crippen molar-refractivity contribution >= 4 is 21.8 Å². The molecule has 1 spiro atoms. The number of carbonyl (C=O) groups is 2. The maximum absolute atomic E-state index is 12.4. The van der Waals surface area contributed by atoms with Crippen molar-refractivity contribution in [2.24, 2.45) is 11.3 Å². The molecule has 126 valence electrons. The van der Waals surface area contributed by atoms with Gasteiger partial charge in [0.15, 0.2) is 0 Å². The van der Waals surface area contributed by atoms with Gasteiger partial charge in [-0.3, -0.25) is 9.59 Å². The molecular formula is C14H25N3O4S. The van der Waals surface area contributed by atoms with Crippen molar-refractivity contribution in [2.75, 3.05) is 46.0 Å². The summed E-state index contributed by atoms with van der Waals surface area (Å²) in [5.74, 6) is -0.124. The van der Waals surface area contributed by atoms with Gasteiger partial charge in [-0.25, -0.2) is 8.42 Å². The lowest BCUT2D eigenvalue weighted by molar-refractivity contribution is -0.135. The van der Waals surface area contributed by atoms with Crippen molar-refractivity contribution in [1.82, 2.24) is 14.1 Å². The van der Waals surface area contributed by atoms with Crippen molar-refractivity contribution in [2.45, 2.75) is 20.3 Å². The summed E-state index contributed by atoms with van der Waals surface area (Å²) < 4.78 is 25.4. The van der Waals surface area contributed by atoms with Gasteiger partial charge in [0.25, 0.3) is 0 Å². The Morgan fingerprint density at radius 2 is 1.82 bits per heavy atom. The van der Waals surface area contributed by atoms with E-state index in [1.54, 1.807) is 16.8 Å². The van der Waals surface area contributed by atoms with Gasteiger partial charge in [-0.15, -0.1) is 0 Å². The summed E-state index contributed by atoms with van der Waals surface area (Å²) in [7, 11) is -1.63. The number of sulfonamides is 1. The smallest absolute Gasteiger partial charge is 0.225 e. The zero-order valence-corrected chi connectivity index (χ0v) is 14.5. The Kier molecular flexibility index (Phi) is 4.54. The van der Waals surface area contributed by atoms with Crippen LogP contribution in [0.5, 0.6) is 0 Å². The van der Waals surface area contributed by atoms with Crippen molar-refractivity contribution in [3.63, 3.8) is 0 Å². The molecule has 0 aromatic carbocycles. The molecule has 2 aliphatic heterocycles. The number of likely N-dealkylation sites (tertiary alicyclic amines) is 1. The molecule has 2 rings (SSSR count). The first-order valence-electron chi connectivity index (χ1n) is 7.52. The first kappa shape index (κ1) is 17.2. The largest absolute Gasteiger partial charge is 0.345 e. The van der Waals surface area contributed by atoms with Gasteiger partial charge in [0, 0.05) is 57.5 Å². The molecule has 7 nitrogen and oxygen atoms in total. The van der Waals surface area contributed by atoms with Gasteiger partial charge in [0.1, 0.15) is 0 Å². The van der Waals surface area contributed by atoms with Gasteiger partial charge in [0.2, 0.25) is 21.8 Å². The van der Waals surface area contributed by atoms with E-state index in [4.69, 9.17) is 0 Å². The molecule has 0 aliphatic carbocycles. The molecule has 22 heavy (non-hydrogen) atoms. The fraction of sp³-hybridized carbons (Fsp3) is 0.857. The Hall–Kier alpha value is -1.15. The highest BCUT2D eigenvalue weighted by molar-refractivity contribution is 7.88. The minimum atomic E-state index is -3.35. The summed E-state index contributed by atoms with van der Waals surface area (Å²) >= 11 is 0. The van der Waals surface area contributed by atoms with Crippen LogP contribution in [0, 0.1) is 11.3 Å². The molecule has 2 heterocycles. The summed E-state index contributed by atoms with van der Waals surface area (Å²) in [6.45, 7) is 5.55. The number of hydrogen-bond donors (Lipinski definition) is 0. The van der Waals surface area contributed by atoms with Gasteiger partial charge in [-0.1, -0.05) is 13.8 Å². The number of nitrogens with zero attached hydrogens (tertiary/aromatic N) is 3. The molecule has 2 saturated heterocycles. The number of rotatable bonds is 2. The van der Waals surface area contributed by atoms with Crippen LogP contribution in [0.1, 0.15) is 20.3 Å². The summed E-state index contributed by atoms with van der Waals surface area (Å²) in [6, 6.07) is 0. The second-order valence-electron chi connectivity index (χ2n) is 6.94. The minimum absolute atomic E-state index is 0.00676. The van der Waals surface area contributed by atoms with Gasteiger partial charge >= 0.3 is 0 Å². The van der Waals surface area contributed by atoms with Gasteiger partial charge < -0.3 is 9.80 Å². The molecule has 0 saturated carbocycles. The SMILES string of the molecule is CC(C)C(=O)N1CCN(S(C)(=O)=O)C[C@@]2(CC(=O)N(C)C2)C1. The van der Waals surface area contributed by atoms with E-state index < -0.39 is 15.4 Å². The summed E-state index contributed by atoms with van der Waals surface area (Å²) in [5.41, 5.74) is -0.504. The van der Waals surface area contributed by atoms with E-state index >= 15 is 0 Å². The van der Waals surface area contributed by atoms with E-state index in [2.05, 4.69) is 0 Å². The standard InChI is InChI=1S/C14H25N3O4S/c1-11(2)13(19)16-5-6-17(22(4,20)21)10-14(9-16)7-12(18)15(3)8-14/h11H,5-10H2,1-4H3/t14-/m1/s1. The topological polar surface area (TPSA) is 78.0 Å². The van der Waals surface area contributed by atoms with Crippen molar-refractivity contribution < 1.29 is 18.0 Å². The van der Waals surface area contributed by atoms with E-state index in [0.29, 0.717) is 26.2 Å². The van der Waals surface area contributed by atoms with Gasteiger partial charge in [-0.05, 0) is 0 Å². The van der Waals surface area contributed by atoms with Gasteiger partial charge in [0.05, 0.1) is 6.26 Å². The molecule has 1 atom stereocenters. The molecule has 0 unspecified atom stereocenters. The lowest BCUT2D eigenvalue weighted by Crippen LogP contribution is -2.45. The van der Waals surface area contributed by atoms with Crippen LogP contribution >= 0.6 is 0 Å². The molecule has 2 aliphatic rings. The monoisotopic (exact) mass is 331 g/mol. The lowest BCUT2D eigenvalue weighted by atomic mass is 9.86. The van der Waals surface area contributed by atoms with Crippen molar-refractivity contribution in [3.05, 3.63) is 0 Å².